The number of aryl methyl sites for hydroxylation is 2. The first-order valence-corrected chi connectivity index (χ1v) is 10.6. The molecule has 0 bridgehead atoms. The highest BCUT2D eigenvalue weighted by Crippen LogP contribution is 2.43. The third kappa shape index (κ3) is 3.05. The van der Waals surface area contributed by atoms with Gasteiger partial charge in [-0.1, -0.05) is 48.5 Å². The molecule has 1 atom stereocenters. The molecule has 5 rings (SSSR count). The molecule has 0 saturated heterocycles. The maximum absolute atomic E-state index is 13.5. The molecule has 7 heteroatoms. The van der Waals surface area contributed by atoms with Crippen molar-refractivity contribution < 1.29 is 19.1 Å². The number of furan rings is 1. The van der Waals surface area contributed by atoms with Gasteiger partial charge in [-0.2, -0.15) is 0 Å². The van der Waals surface area contributed by atoms with E-state index in [1.165, 1.54) is 16.2 Å². The Bertz CT molecular complexity index is 1310. The average Bonchev–Trinajstić information content (AvgIpc) is 3.43. The normalized spacial score (nSPS) is 16.5. The van der Waals surface area contributed by atoms with Crippen LogP contribution in [0.3, 0.4) is 0 Å². The Kier molecular flexibility index (Phi) is 4.48. The van der Waals surface area contributed by atoms with Gasteiger partial charge in [0, 0.05) is 10.3 Å². The van der Waals surface area contributed by atoms with E-state index >= 15 is 0 Å². The molecule has 0 unspecified atom stereocenters. The number of thiazole rings is 1. The van der Waals surface area contributed by atoms with Crippen molar-refractivity contribution in [3.63, 3.8) is 0 Å². The Morgan fingerprint density at radius 3 is 2.48 bits per heavy atom. The zero-order valence-electron chi connectivity index (χ0n) is 16.8. The van der Waals surface area contributed by atoms with Gasteiger partial charge in [-0.25, -0.2) is 4.98 Å². The number of fused-ring (bicyclic) bond motifs is 1. The van der Waals surface area contributed by atoms with Crippen molar-refractivity contribution in [3.05, 3.63) is 93.9 Å². The maximum atomic E-state index is 13.5. The number of nitrogens with zero attached hydrogens (tertiary/aromatic N) is 2. The Morgan fingerprint density at radius 1 is 1.10 bits per heavy atom. The predicted molar refractivity (Wildman–Crippen MR) is 118 cm³/mol. The van der Waals surface area contributed by atoms with Gasteiger partial charge >= 0.3 is 0 Å². The van der Waals surface area contributed by atoms with Crippen LogP contribution in [0, 0.1) is 13.8 Å². The van der Waals surface area contributed by atoms with Crippen LogP contribution in [0.5, 0.6) is 0 Å². The minimum atomic E-state index is -0.806. The van der Waals surface area contributed by atoms with Gasteiger partial charge in [0.25, 0.3) is 5.91 Å². The van der Waals surface area contributed by atoms with E-state index in [-0.39, 0.29) is 11.3 Å². The zero-order valence-corrected chi connectivity index (χ0v) is 17.6. The highest BCUT2D eigenvalue weighted by Gasteiger charge is 2.46. The van der Waals surface area contributed by atoms with E-state index < -0.39 is 23.5 Å². The second-order valence-corrected chi connectivity index (χ2v) is 8.55. The predicted octanol–water partition coefficient (Wildman–Crippen LogP) is 5.29. The fraction of sp³-hybridized carbons (Fsp3) is 0.125. The summed E-state index contributed by atoms with van der Waals surface area (Å²) < 4.78 is 5.74. The lowest BCUT2D eigenvalue weighted by atomic mass is 9.95. The molecule has 31 heavy (non-hydrogen) atoms. The fourth-order valence-electron chi connectivity index (χ4n) is 3.77. The second-order valence-electron chi connectivity index (χ2n) is 7.37. The van der Waals surface area contributed by atoms with Gasteiger partial charge in [0.1, 0.15) is 5.58 Å². The molecule has 1 aliphatic heterocycles. The molecule has 2 aromatic heterocycles. The van der Waals surface area contributed by atoms with Crippen molar-refractivity contribution in [2.24, 2.45) is 0 Å². The molecule has 3 heterocycles. The minimum absolute atomic E-state index is 0.0132. The summed E-state index contributed by atoms with van der Waals surface area (Å²) in [5, 5.41) is 12.0. The summed E-state index contributed by atoms with van der Waals surface area (Å²) in [5.41, 5.74) is 2.05. The van der Waals surface area contributed by atoms with E-state index in [1.807, 2.05) is 62.4 Å². The van der Waals surface area contributed by atoms with Gasteiger partial charge in [-0.3, -0.25) is 14.5 Å². The lowest BCUT2D eigenvalue weighted by Crippen LogP contribution is -2.31. The Hall–Kier alpha value is -3.71. The van der Waals surface area contributed by atoms with Crippen molar-refractivity contribution >= 4 is 39.1 Å². The number of amides is 1. The van der Waals surface area contributed by atoms with Crippen LogP contribution in [0.4, 0.5) is 5.13 Å². The summed E-state index contributed by atoms with van der Waals surface area (Å²) in [7, 11) is 0. The van der Waals surface area contributed by atoms with E-state index in [0.717, 1.165) is 16.0 Å². The van der Waals surface area contributed by atoms with Gasteiger partial charge in [0.05, 0.1) is 17.3 Å². The number of carbonyl (C=O) groups is 2. The Balaban J connectivity index is 1.66. The number of hydrogen-bond acceptors (Lipinski definition) is 6. The van der Waals surface area contributed by atoms with Gasteiger partial charge in [0.15, 0.2) is 16.7 Å². The topological polar surface area (TPSA) is 83.6 Å². The van der Waals surface area contributed by atoms with Crippen LogP contribution in [0.15, 0.2) is 76.4 Å². The molecule has 0 saturated carbocycles. The molecule has 2 aromatic carbocycles. The van der Waals surface area contributed by atoms with Crippen LogP contribution in [0.25, 0.3) is 11.0 Å². The molecule has 1 aliphatic rings. The Morgan fingerprint density at radius 2 is 1.81 bits per heavy atom. The molecule has 0 aliphatic carbocycles. The van der Waals surface area contributed by atoms with Crippen LogP contribution in [0.1, 0.15) is 32.7 Å². The summed E-state index contributed by atoms with van der Waals surface area (Å²) in [6.07, 6.45) is 0. The summed E-state index contributed by atoms with van der Waals surface area (Å²) in [5.74, 6) is -1.68. The van der Waals surface area contributed by atoms with Gasteiger partial charge in [0.2, 0.25) is 5.78 Å². The molecular formula is C24H18N2O4S. The molecule has 6 nitrogen and oxygen atoms in total. The standard InChI is InChI=1S/C24H18N2O4S/c1-13-14(2)31-24(25-13)26-20(15-8-4-3-5-9-15)19(22(28)23(26)29)21(27)18-12-16-10-6-7-11-17(16)30-18/h3-12,20,28H,1-2H3/t20-/m1/s1. The highest BCUT2D eigenvalue weighted by atomic mass is 32.1. The molecule has 0 spiro atoms. The van der Waals surface area contributed by atoms with E-state index in [1.54, 1.807) is 12.1 Å². The summed E-state index contributed by atoms with van der Waals surface area (Å²) in [6, 6.07) is 17.3. The number of anilines is 1. The second kappa shape index (κ2) is 7.21. The largest absolute Gasteiger partial charge is 0.503 e. The van der Waals surface area contributed by atoms with E-state index in [0.29, 0.717) is 16.3 Å². The monoisotopic (exact) mass is 430 g/mol. The summed E-state index contributed by atoms with van der Waals surface area (Å²) in [4.78, 5) is 33.5. The molecule has 4 aromatic rings. The number of aromatic nitrogens is 1. The van der Waals surface area contributed by atoms with Gasteiger partial charge in [-0.05, 0) is 31.5 Å². The van der Waals surface area contributed by atoms with Crippen LogP contribution < -0.4 is 4.90 Å². The van der Waals surface area contributed by atoms with Crippen molar-refractivity contribution in [1.82, 2.24) is 4.98 Å². The van der Waals surface area contributed by atoms with Crippen LogP contribution in [-0.2, 0) is 4.79 Å². The number of ketones is 1. The zero-order chi connectivity index (χ0) is 21.7. The van der Waals surface area contributed by atoms with E-state index in [2.05, 4.69) is 4.98 Å². The third-order valence-corrected chi connectivity index (χ3v) is 6.51. The minimum Gasteiger partial charge on any atom is -0.503 e. The first kappa shape index (κ1) is 19.3. The van der Waals surface area contributed by atoms with Crippen molar-refractivity contribution in [2.45, 2.75) is 19.9 Å². The quantitative estimate of drug-likeness (QED) is 0.445. The van der Waals surface area contributed by atoms with Crippen LogP contribution in [-0.4, -0.2) is 21.8 Å². The molecule has 1 amide bonds. The van der Waals surface area contributed by atoms with Gasteiger partial charge < -0.3 is 9.52 Å². The molecule has 0 fully saturated rings. The number of para-hydroxylation sites is 1. The molecule has 1 N–H and O–H groups in total. The van der Waals surface area contributed by atoms with Crippen LogP contribution >= 0.6 is 11.3 Å². The van der Waals surface area contributed by atoms with E-state index in [4.69, 9.17) is 4.42 Å². The van der Waals surface area contributed by atoms with Gasteiger partial charge in [-0.15, -0.1) is 11.3 Å². The number of aliphatic hydroxyl groups excluding tert-OH is 1. The van der Waals surface area contributed by atoms with Crippen molar-refractivity contribution in [1.29, 1.82) is 0 Å². The third-order valence-electron chi connectivity index (χ3n) is 5.44. The fourth-order valence-corrected chi connectivity index (χ4v) is 4.71. The van der Waals surface area contributed by atoms with E-state index in [9.17, 15) is 14.7 Å². The number of hydrogen-bond donors (Lipinski definition) is 1. The number of carbonyl (C=O) groups excluding carboxylic acids is 2. The lowest BCUT2D eigenvalue weighted by molar-refractivity contribution is -0.117. The average molecular weight is 430 g/mol. The maximum Gasteiger partial charge on any atom is 0.296 e. The first-order valence-electron chi connectivity index (χ1n) is 9.74. The molecule has 0 radical (unpaired) electrons. The van der Waals surface area contributed by atoms with Crippen molar-refractivity contribution in [2.75, 3.05) is 4.90 Å². The number of benzene rings is 2. The first-order chi connectivity index (χ1) is 15.0. The number of Topliss-reactive ketones (excluding diaryl/α,β-unsaturated/α-hetero) is 1. The Labute approximate surface area is 182 Å². The van der Waals surface area contributed by atoms with Crippen molar-refractivity contribution in [3.8, 4) is 0 Å². The number of aliphatic hydroxyl groups is 1. The van der Waals surface area contributed by atoms with Crippen LogP contribution in [0.2, 0.25) is 0 Å². The molecule has 154 valence electrons. The number of rotatable bonds is 4. The summed E-state index contributed by atoms with van der Waals surface area (Å²) in [6.45, 7) is 3.78. The molecular weight excluding hydrogens is 412 g/mol. The smallest absolute Gasteiger partial charge is 0.296 e. The SMILES string of the molecule is Cc1nc(N2C(=O)C(O)=C(C(=O)c3cc4ccccc4o3)[C@H]2c2ccccc2)sc1C. The summed E-state index contributed by atoms with van der Waals surface area (Å²) >= 11 is 1.35. The lowest BCUT2D eigenvalue weighted by Gasteiger charge is -2.24. The highest BCUT2D eigenvalue weighted by molar-refractivity contribution is 7.15.